The third kappa shape index (κ3) is 6.18. The predicted molar refractivity (Wildman–Crippen MR) is 72.7 cm³/mol. The second kappa shape index (κ2) is 9.13. The van der Waals surface area contributed by atoms with Gasteiger partial charge in [-0.1, -0.05) is 0 Å². The van der Waals surface area contributed by atoms with Crippen LogP contribution >= 0.6 is 12.4 Å². The molecule has 1 saturated heterocycles. The van der Waals surface area contributed by atoms with Crippen molar-refractivity contribution in [2.75, 3.05) is 33.2 Å². The van der Waals surface area contributed by atoms with Crippen molar-refractivity contribution < 1.29 is 9.59 Å². The van der Waals surface area contributed by atoms with E-state index in [1.54, 1.807) is 0 Å². The number of urea groups is 1. The van der Waals surface area contributed by atoms with Gasteiger partial charge in [-0.05, 0) is 31.8 Å². The van der Waals surface area contributed by atoms with E-state index < -0.39 is 6.03 Å². The van der Waals surface area contributed by atoms with Crippen LogP contribution in [0.15, 0.2) is 0 Å². The van der Waals surface area contributed by atoms with E-state index in [1.165, 1.54) is 13.5 Å². The van der Waals surface area contributed by atoms with Crippen LogP contribution in [0.3, 0.4) is 0 Å². The van der Waals surface area contributed by atoms with Crippen molar-refractivity contribution in [1.29, 1.82) is 0 Å². The van der Waals surface area contributed by atoms with E-state index in [0.717, 1.165) is 19.5 Å². The lowest BCUT2D eigenvalue weighted by Crippen LogP contribution is -2.42. The van der Waals surface area contributed by atoms with Crippen LogP contribution in [0.25, 0.3) is 0 Å². The Labute approximate surface area is 114 Å². The number of imide groups is 1. The van der Waals surface area contributed by atoms with Crippen molar-refractivity contribution >= 4 is 24.3 Å². The quantitative estimate of drug-likeness (QED) is 0.671. The highest BCUT2D eigenvalue weighted by atomic mass is 35.5. The molecular weight excluding hydrogens is 256 g/mol. The summed E-state index contributed by atoms with van der Waals surface area (Å²) < 4.78 is 0. The highest BCUT2D eigenvalue weighted by Gasteiger charge is 2.19. The monoisotopic (exact) mass is 278 g/mol. The lowest BCUT2D eigenvalue weighted by atomic mass is 9.98. The second-order valence-corrected chi connectivity index (χ2v) is 4.42. The van der Waals surface area contributed by atoms with Crippen molar-refractivity contribution in [3.05, 3.63) is 0 Å². The zero-order valence-electron chi connectivity index (χ0n) is 10.8. The Morgan fingerprint density at radius 3 is 2.78 bits per heavy atom. The van der Waals surface area contributed by atoms with E-state index in [0.29, 0.717) is 25.4 Å². The zero-order valence-corrected chi connectivity index (χ0v) is 11.6. The van der Waals surface area contributed by atoms with Gasteiger partial charge < -0.3 is 16.0 Å². The van der Waals surface area contributed by atoms with Crippen LogP contribution in [0.4, 0.5) is 4.79 Å². The number of halogens is 1. The second-order valence-electron chi connectivity index (χ2n) is 4.42. The summed E-state index contributed by atoms with van der Waals surface area (Å²) in [6.07, 6.45) is 2.67. The maximum Gasteiger partial charge on any atom is 0.321 e. The molecule has 1 unspecified atom stereocenters. The fraction of sp³-hybridized carbons (Fsp3) is 0.818. The highest BCUT2D eigenvalue weighted by Crippen LogP contribution is 2.14. The van der Waals surface area contributed by atoms with Crippen molar-refractivity contribution in [1.82, 2.24) is 15.5 Å². The molecule has 0 aliphatic carbocycles. The van der Waals surface area contributed by atoms with E-state index in [-0.39, 0.29) is 18.3 Å². The molecule has 1 rings (SSSR count). The molecule has 0 aromatic heterocycles. The van der Waals surface area contributed by atoms with Crippen molar-refractivity contribution in [3.8, 4) is 0 Å². The first kappa shape index (κ1) is 17.2. The molecule has 1 atom stereocenters. The van der Waals surface area contributed by atoms with Gasteiger partial charge in [-0.25, -0.2) is 4.79 Å². The Balaban J connectivity index is 0.00000289. The highest BCUT2D eigenvalue weighted by molar-refractivity contribution is 5.94. The fourth-order valence-corrected chi connectivity index (χ4v) is 2.06. The molecule has 1 fully saturated rings. The van der Waals surface area contributed by atoms with Crippen LogP contribution in [0, 0.1) is 5.92 Å². The summed E-state index contributed by atoms with van der Waals surface area (Å²) in [5, 5.41) is 4.60. The SMILES string of the molecule is CNC(=O)NC(=O)CCN1CCCC(CN)C1.Cl. The minimum atomic E-state index is -0.450. The lowest BCUT2D eigenvalue weighted by Gasteiger charge is -2.31. The maximum absolute atomic E-state index is 11.4. The largest absolute Gasteiger partial charge is 0.341 e. The van der Waals surface area contributed by atoms with E-state index in [4.69, 9.17) is 5.73 Å². The van der Waals surface area contributed by atoms with Crippen LogP contribution in [0.2, 0.25) is 0 Å². The summed E-state index contributed by atoms with van der Waals surface area (Å²) in [5.74, 6) is 0.310. The van der Waals surface area contributed by atoms with Gasteiger partial charge in [-0.15, -0.1) is 12.4 Å². The van der Waals surface area contributed by atoms with Crippen molar-refractivity contribution in [2.24, 2.45) is 11.7 Å². The topological polar surface area (TPSA) is 87.5 Å². The molecule has 3 amide bonds. The Bertz CT molecular complexity index is 276. The summed E-state index contributed by atoms with van der Waals surface area (Å²) in [7, 11) is 1.49. The summed E-state index contributed by atoms with van der Waals surface area (Å²) in [5.41, 5.74) is 5.65. The number of hydrogen-bond acceptors (Lipinski definition) is 4. The third-order valence-corrected chi connectivity index (χ3v) is 3.07. The summed E-state index contributed by atoms with van der Waals surface area (Å²) in [4.78, 5) is 24.5. The lowest BCUT2D eigenvalue weighted by molar-refractivity contribution is -0.120. The number of piperidine rings is 1. The molecule has 4 N–H and O–H groups in total. The molecule has 7 heteroatoms. The molecule has 18 heavy (non-hydrogen) atoms. The van der Waals surface area contributed by atoms with Gasteiger partial charge in [0.2, 0.25) is 5.91 Å². The number of carbonyl (C=O) groups is 2. The number of nitrogens with one attached hydrogen (secondary N) is 2. The van der Waals surface area contributed by atoms with Gasteiger partial charge >= 0.3 is 6.03 Å². The molecule has 1 aliphatic heterocycles. The molecule has 106 valence electrons. The van der Waals surface area contributed by atoms with Gasteiger partial charge in [0.25, 0.3) is 0 Å². The third-order valence-electron chi connectivity index (χ3n) is 3.07. The van der Waals surface area contributed by atoms with E-state index in [1.807, 2.05) is 0 Å². The number of rotatable bonds is 4. The Morgan fingerprint density at radius 1 is 1.44 bits per heavy atom. The Kier molecular flexibility index (Phi) is 8.70. The van der Waals surface area contributed by atoms with Gasteiger partial charge in [0.1, 0.15) is 0 Å². The predicted octanol–water partition coefficient (Wildman–Crippen LogP) is -0.0754. The van der Waals surface area contributed by atoms with E-state index in [2.05, 4.69) is 15.5 Å². The van der Waals surface area contributed by atoms with Gasteiger partial charge in [0.15, 0.2) is 0 Å². The molecule has 1 aliphatic rings. The average molecular weight is 279 g/mol. The molecule has 6 nitrogen and oxygen atoms in total. The van der Waals surface area contributed by atoms with Crippen molar-refractivity contribution in [2.45, 2.75) is 19.3 Å². The first-order valence-corrected chi connectivity index (χ1v) is 6.09. The Hall–Kier alpha value is -0.850. The number of amides is 3. The maximum atomic E-state index is 11.4. The van der Waals surface area contributed by atoms with Crippen LogP contribution in [-0.4, -0.2) is 50.1 Å². The standard InChI is InChI=1S/C11H22N4O2.ClH/c1-13-11(17)14-10(16)4-6-15-5-2-3-9(7-12)8-15;/h9H,2-8,12H2,1H3,(H2,13,14,16,17);1H. The minimum absolute atomic E-state index is 0. The smallest absolute Gasteiger partial charge is 0.321 e. The number of nitrogens with zero attached hydrogens (tertiary/aromatic N) is 1. The summed E-state index contributed by atoms with van der Waals surface area (Å²) in [6, 6.07) is -0.450. The zero-order chi connectivity index (χ0) is 12.7. The van der Waals surface area contributed by atoms with Crippen LogP contribution < -0.4 is 16.4 Å². The molecule has 0 bridgehead atoms. The van der Waals surface area contributed by atoms with Gasteiger partial charge in [0.05, 0.1) is 0 Å². The van der Waals surface area contributed by atoms with Crippen molar-refractivity contribution in [3.63, 3.8) is 0 Å². The molecule has 0 spiro atoms. The normalized spacial score (nSPS) is 19.8. The van der Waals surface area contributed by atoms with Gasteiger partial charge in [0, 0.05) is 26.6 Å². The molecular formula is C11H23ClN4O2. The molecule has 0 aromatic carbocycles. The van der Waals surface area contributed by atoms with Crippen LogP contribution in [0.5, 0.6) is 0 Å². The van der Waals surface area contributed by atoms with Gasteiger partial charge in [-0.2, -0.15) is 0 Å². The summed E-state index contributed by atoms with van der Waals surface area (Å²) in [6.45, 7) is 3.38. The van der Waals surface area contributed by atoms with Crippen LogP contribution in [0.1, 0.15) is 19.3 Å². The van der Waals surface area contributed by atoms with Gasteiger partial charge in [-0.3, -0.25) is 10.1 Å². The van der Waals surface area contributed by atoms with Crippen LogP contribution in [-0.2, 0) is 4.79 Å². The average Bonchev–Trinajstić information content (AvgIpc) is 2.36. The molecule has 1 heterocycles. The first-order chi connectivity index (χ1) is 8.15. The van der Waals surface area contributed by atoms with E-state index >= 15 is 0 Å². The number of nitrogens with two attached hydrogens (primary N) is 1. The number of hydrogen-bond donors (Lipinski definition) is 3. The molecule has 0 radical (unpaired) electrons. The first-order valence-electron chi connectivity index (χ1n) is 6.09. The number of likely N-dealkylation sites (tertiary alicyclic amines) is 1. The Morgan fingerprint density at radius 2 is 2.17 bits per heavy atom. The molecule has 0 saturated carbocycles. The minimum Gasteiger partial charge on any atom is -0.341 e. The molecule has 0 aromatic rings. The fourth-order valence-electron chi connectivity index (χ4n) is 2.06. The number of carbonyl (C=O) groups excluding carboxylic acids is 2. The van der Waals surface area contributed by atoms with E-state index in [9.17, 15) is 9.59 Å². The summed E-state index contributed by atoms with van der Waals surface area (Å²) >= 11 is 0.